The highest BCUT2D eigenvalue weighted by Gasteiger charge is 2.11. The van der Waals surface area contributed by atoms with Crippen molar-refractivity contribution in [2.45, 2.75) is 18.2 Å². The molecule has 3 aromatic carbocycles. The summed E-state index contributed by atoms with van der Waals surface area (Å²) >= 11 is 1.73. The molecule has 0 aromatic heterocycles. The van der Waals surface area contributed by atoms with Gasteiger partial charge in [-0.3, -0.25) is 0 Å². The Kier molecular flexibility index (Phi) is 6.24. The zero-order chi connectivity index (χ0) is 19.2. The van der Waals surface area contributed by atoms with Crippen LogP contribution in [-0.2, 0) is 11.2 Å². The monoisotopic (exact) mass is 382 g/mol. The van der Waals surface area contributed by atoms with Crippen LogP contribution >= 0.6 is 11.8 Å². The van der Waals surface area contributed by atoms with E-state index >= 15 is 0 Å². The smallest absolute Gasteiger partial charge is 0.341 e. The van der Waals surface area contributed by atoms with Crippen molar-refractivity contribution in [1.29, 1.82) is 0 Å². The molecule has 0 aliphatic rings. The van der Waals surface area contributed by atoms with E-state index in [1.54, 1.807) is 24.9 Å². The van der Waals surface area contributed by atoms with Gasteiger partial charge >= 0.3 is 5.97 Å². The lowest BCUT2D eigenvalue weighted by molar-refractivity contribution is -0.139. The molecule has 1 N–H and O–H groups in total. The molecule has 0 atom stereocenters. The van der Waals surface area contributed by atoms with Crippen molar-refractivity contribution in [3.8, 4) is 11.5 Å². The lowest BCUT2D eigenvalue weighted by atomic mass is 10.0. The van der Waals surface area contributed by atoms with Gasteiger partial charge < -0.3 is 14.6 Å². The van der Waals surface area contributed by atoms with Gasteiger partial charge in [-0.25, -0.2) is 4.79 Å². The number of hydrogen-bond acceptors (Lipinski definition) is 4. The van der Waals surface area contributed by atoms with E-state index in [9.17, 15) is 4.79 Å². The van der Waals surface area contributed by atoms with E-state index in [0.29, 0.717) is 11.5 Å². The van der Waals surface area contributed by atoms with Gasteiger partial charge in [0.2, 0.25) is 0 Å². The molecule has 4 nitrogen and oxygen atoms in total. The third kappa shape index (κ3) is 4.74. The first-order valence-corrected chi connectivity index (χ1v) is 9.69. The number of ether oxygens (including phenoxy) is 2. The fraction of sp³-hybridized carbons (Fsp3) is 0.227. The maximum Gasteiger partial charge on any atom is 0.341 e. The molecule has 0 fully saturated rings. The normalized spacial score (nSPS) is 10.7. The van der Waals surface area contributed by atoms with Crippen LogP contribution in [0.3, 0.4) is 0 Å². The zero-order valence-corrected chi connectivity index (χ0v) is 16.2. The molecule has 0 saturated carbocycles. The first kappa shape index (κ1) is 19.1. The second-order valence-electron chi connectivity index (χ2n) is 6.19. The fourth-order valence-electron chi connectivity index (χ4n) is 2.99. The van der Waals surface area contributed by atoms with E-state index in [1.807, 2.05) is 13.0 Å². The summed E-state index contributed by atoms with van der Waals surface area (Å²) in [6, 6.07) is 18.6. The Bertz CT molecular complexity index is 947. The van der Waals surface area contributed by atoms with Gasteiger partial charge in [0.15, 0.2) is 6.61 Å². The molecule has 3 rings (SSSR count). The van der Waals surface area contributed by atoms with Crippen LogP contribution in [0.15, 0.2) is 59.5 Å². The standard InChI is InChI=1S/C22H22O4S/c1-15-12-21(20(25-2)13-19(15)26-14-22(23)24)27-11-10-17-8-5-7-16-6-3-4-9-18(16)17/h3-9,12-13H,10-11,14H2,1-2H3,(H,23,24). The Balaban J connectivity index is 1.71. The number of carbonyl (C=O) groups is 1. The van der Waals surface area contributed by atoms with Crippen LogP contribution in [0.5, 0.6) is 11.5 Å². The molecule has 0 radical (unpaired) electrons. The average molecular weight is 382 g/mol. The van der Waals surface area contributed by atoms with Gasteiger partial charge in [0.05, 0.1) is 7.11 Å². The molecule has 140 valence electrons. The van der Waals surface area contributed by atoms with E-state index in [0.717, 1.165) is 22.6 Å². The van der Waals surface area contributed by atoms with Crippen molar-refractivity contribution in [2.75, 3.05) is 19.5 Å². The first-order chi connectivity index (χ1) is 13.1. The van der Waals surface area contributed by atoms with Crippen molar-refractivity contribution >= 4 is 28.5 Å². The number of benzene rings is 3. The number of carboxylic acids is 1. The summed E-state index contributed by atoms with van der Waals surface area (Å²) in [5.41, 5.74) is 2.22. The van der Waals surface area contributed by atoms with E-state index in [4.69, 9.17) is 14.6 Å². The van der Waals surface area contributed by atoms with E-state index in [2.05, 4.69) is 42.5 Å². The summed E-state index contributed by atoms with van der Waals surface area (Å²) in [5, 5.41) is 11.3. The molecule has 27 heavy (non-hydrogen) atoms. The second kappa shape index (κ2) is 8.82. The van der Waals surface area contributed by atoms with E-state index in [-0.39, 0.29) is 6.61 Å². The highest BCUT2D eigenvalue weighted by atomic mass is 32.2. The van der Waals surface area contributed by atoms with E-state index < -0.39 is 5.97 Å². The summed E-state index contributed by atoms with van der Waals surface area (Å²) in [5.74, 6) is 1.15. The number of methoxy groups -OCH3 is 1. The van der Waals surface area contributed by atoms with Crippen LogP contribution in [0.1, 0.15) is 11.1 Å². The van der Waals surface area contributed by atoms with Crippen molar-refractivity contribution in [1.82, 2.24) is 0 Å². The van der Waals surface area contributed by atoms with Crippen molar-refractivity contribution in [3.63, 3.8) is 0 Å². The summed E-state index contributed by atoms with van der Waals surface area (Å²) in [6.45, 7) is 1.54. The number of aryl methyl sites for hydroxylation is 2. The lowest BCUT2D eigenvalue weighted by Crippen LogP contribution is -2.10. The molecule has 3 aromatic rings. The number of thioether (sulfide) groups is 1. The van der Waals surface area contributed by atoms with Gasteiger partial charge in [0, 0.05) is 16.7 Å². The minimum absolute atomic E-state index is 0.364. The molecular weight excluding hydrogens is 360 g/mol. The van der Waals surface area contributed by atoms with Crippen LogP contribution in [0, 0.1) is 6.92 Å². The molecule has 0 aliphatic carbocycles. The predicted molar refractivity (Wildman–Crippen MR) is 109 cm³/mol. The largest absolute Gasteiger partial charge is 0.495 e. The number of aliphatic carboxylic acids is 1. The molecule has 0 spiro atoms. The van der Waals surface area contributed by atoms with Gasteiger partial charge in [0.1, 0.15) is 11.5 Å². The van der Waals surface area contributed by atoms with Gasteiger partial charge in [-0.15, -0.1) is 11.8 Å². The Morgan fingerprint density at radius 2 is 1.85 bits per heavy atom. The average Bonchev–Trinajstić information content (AvgIpc) is 2.67. The van der Waals surface area contributed by atoms with Crippen LogP contribution < -0.4 is 9.47 Å². The van der Waals surface area contributed by atoms with Crippen LogP contribution in [0.4, 0.5) is 0 Å². The minimum Gasteiger partial charge on any atom is -0.495 e. The first-order valence-electron chi connectivity index (χ1n) is 8.71. The Labute approximate surface area is 163 Å². The van der Waals surface area contributed by atoms with Crippen molar-refractivity contribution < 1.29 is 19.4 Å². The summed E-state index contributed by atoms with van der Waals surface area (Å²) < 4.78 is 10.8. The maximum atomic E-state index is 10.7. The predicted octanol–water partition coefficient (Wildman–Crippen LogP) is 4.96. The van der Waals surface area contributed by atoms with Gasteiger partial charge in [-0.1, -0.05) is 42.5 Å². The molecule has 0 amide bonds. The van der Waals surface area contributed by atoms with Crippen LogP contribution in [0.25, 0.3) is 10.8 Å². The third-order valence-electron chi connectivity index (χ3n) is 4.32. The Hall–Kier alpha value is -2.66. The van der Waals surface area contributed by atoms with Crippen LogP contribution in [-0.4, -0.2) is 30.5 Å². The number of hydrogen-bond donors (Lipinski definition) is 1. The number of fused-ring (bicyclic) bond motifs is 1. The minimum atomic E-state index is -0.998. The number of carboxylic acid groups (broad SMARTS) is 1. The topological polar surface area (TPSA) is 55.8 Å². The highest BCUT2D eigenvalue weighted by Crippen LogP contribution is 2.36. The summed E-state index contributed by atoms with van der Waals surface area (Å²) in [6.07, 6.45) is 0.950. The number of rotatable bonds is 8. The van der Waals surface area contributed by atoms with Gasteiger partial charge in [0.25, 0.3) is 0 Å². The van der Waals surface area contributed by atoms with Gasteiger partial charge in [-0.05, 0) is 41.3 Å². The summed E-state index contributed by atoms with van der Waals surface area (Å²) in [7, 11) is 1.61. The fourth-order valence-corrected chi connectivity index (χ4v) is 4.08. The molecule has 0 saturated heterocycles. The molecule has 0 bridgehead atoms. The molecule has 5 heteroatoms. The van der Waals surface area contributed by atoms with Crippen LogP contribution in [0.2, 0.25) is 0 Å². The quantitative estimate of drug-likeness (QED) is 0.558. The van der Waals surface area contributed by atoms with E-state index in [1.165, 1.54) is 16.3 Å². The molecule has 0 unspecified atom stereocenters. The highest BCUT2D eigenvalue weighted by molar-refractivity contribution is 7.99. The van der Waals surface area contributed by atoms with Crippen molar-refractivity contribution in [2.24, 2.45) is 0 Å². The second-order valence-corrected chi connectivity index (χ2v) is 7.32. The Morgan fingerprint density at radius 1 is 1.07 bits per heavy atom. The SMILES string of the molecule is COc1cc(OCC(=O)O)c(C)cc1SCCc1cccc2ccccc12. The third-order valence-corrected chi connectivity index (χ3v) is 5.36. The lowest BCUT2D eigenvalue weighted by Gasteiger charge is -2.14. The summed E-state index contributed by atoms with van der Waals surface area (Å²) in [4.78, 5) is 11.7. The maximum absolute atomic E-state index is 10.7. The molecule has 0 heterocycles. The Morgan fingerprint density at radius 3 is 2.63 bits per heavy atom. The van der Waals surface area contributed by atoms with Gasteiger partial charge in [-0.2, -0.15) is 0 Å². The van der Waals surface area contributed by atoms with Crippen molar-refractivity contribution in [3.05, 3.63) is 65.7 Å². The molecule has 0 aliphatic heterocycles. The molecular formula is C22H22O4S. The zero-order valence-electron chi connectivity index (χ0n) is 15.4.